The van der Waals surface area contributed by atoms with Gasteiger partial charge in [0.1, 0.15) is 5.75 Å². The van der Waals surface area contributed by atoms with Crippen LogP contribution in [0.15, 0.2) is 42.7 Å². The third kappa shape index (κ3) is 1.72. The predicted molar refractivity (Wildman–Crippen MR) is 70.2 cm³/mol. The first-order valence-electron chi connectivity index (χ1n) is 5.73. The lowest BCUT2D eigenvalue weighted by molar-refractivity contribution is 0.415. The van der Waals surface area contributed by atoms with E-state index in [0.29, 0.717) is 0 Å². The van der Waals surface area contributed by atoms with E-state index in [1.54, 1.807) is 18.0 Å². The molecule has 90 valence electrons. The van der Waals surface area contributed by atoms with Gasteiger partial charge < -0.3 is 4.74 Å². The molecule has 0 radical (unpaired) electrons. The Balaban J connectivity index is 2.24. The molecule has 0 saturated heterocycles. The van der Waals surface area contributed by atoms with Gasteiger partial charge in [0, 0.05) is 23.5 Å². The molecule has 0 aliphatic rings. The van der Waals surface area contributed by atoms with Crippen molar-refractivity contribution in [3.63, 3.8) is 0 Å². The fraction of sp³-hybridized carbons (Fsp3) is 0.143. The normalized spacial score (nSPS) is 10.8. The van der Waals surface area contributed by atoms with E-state index in [4.69, 9.17) is 4.74 Å². The van der Waals surface area contributed by atoms with Crippen molar-refractivity contribution in [3.8, 4) is 11.6 Å². The van der Waals surface area contributed by atoms with Gasteiger partial charge in [-0.25, -0.2) is 9.67 Å². The summed E-state index contributed by atoms with van der Waals surface area (Å²) in [4.78, 5) is 4.56. The topological polar surface area (TPSA) is 39.9 Å². The standard InChI is InChI=1S/C14H13N3O/c1-10-13-5-4-12(18-2)8-11(13)9-14(16-10)17-7-3-6-15-17/h3-9H,1-2H3. The van der Waals surface area contributed by atoms with Crippen LogP contribution in [-0.2, 0) is 0 Å². The third-order valence-corrected chi connectivity index (χ3v) is 2.95. The minimum Gasteiger partial charge on any atom is -0.497 e. The van der Waals surface area contributed by atoms with Gasteiger partial charge in [0.25, 0.3) is 0 Å². The van der Waals surface area contributed by atoms with Crippen LogP contribution in [-0.4, -0.2) is 21.9 Å². The zero-order valence-corrected chi connectivity index (χ0v) is 10.3. The van der Waals surface area contributed by atoms with Crippen molar-refractivity contribution in [1.29, 1.82) is 0 Å². The number of hydrogen-bond donors (Lipinski definition) is 0. The SMILES string of the molecule is COc1ccc2c(C)nc(-n3cccn3)cc2c1. The van der Waals surface area contributed by atoms with Crippen LogP contribution in [0.2, 0.25) is 0 Å². The Bertz CT molecular complexity index is 690. The van der Waals surface area contributed by atoms with Crippen molar-refractivity contribution in [1.82, 2.24) is 14.8 Å². The molecular formula is C14H13N3O. The van der Waals surface area contributed by atoms with Crippen LogP contribution in [0.5, 0.6) is 5.75 Å². The van der Waals surface area contributed by atoms with Gasteiger partial charge in [-0.3, -0.25) is 0 Å². The van der Waals surface area contributed by atoms with Crippen molar-refractivity contribution in [2.75, 3.05) is 7.11 Å². The number of aryl methyl sites for hydroxylation is 1. The van der Waals surface area contributed by atoms with E-state index in [1.807, 2.05) is 43.5 Å². The number of benzene rings is 1. The molecule has 0 bridgehead atoms. The summed E-state index contributed by atoms with van der Waals surface area (Å²) in [6, 6.07) is 9.88. The van der Waals surface area contributed by atoms with Crippen molar-refractivity contribution in [2.45, 2.75) is 6.92 Å². The van der Waals surface area contributed by atoms with E-state index >= 15 is 0 Å². The summed E-state index contributed by atoms with van der Waals surface area (Å²) in [5, 5.41) is 6.44. The minimum absolute atomic E-state index is 0.818. The van der Waals surface area contributed by atoms with Gasteiger partial charge in [-0.1, -0.05) is 0 Å². The van der Waals surface area contributed by atoms with Gasteiger partial charge in [-0.15, -0.1) is 0 Å². The maximum absolute atomic E-state index is 5.25. The second-order valence-electron chi connectivity index (χ2n) is 4.10. The second kappa shape index (κ2) is 4.14. The maximum Gasteiger partial charge on any atom is 0.154 e. The van der Waals surface area contributed by atoms with Gasteiger partial charge in [0.05, 0.1) is 7.11 Å². The average molecular weight is 239 g/mol. The van der Waals surface area contributed by atoms with Crippen LogP contribution in [0.4, 0.5) is 0 Å². The smallest absolute Gasteiger partial charge is 0.154 e. The van der Waals surface area contributed by atoms with Crippen LogP contribution in [0.25, 0.3) is 16.6 Å². The Labute approximate surface area is 105 Å². The highest BCUT2D eigenvalue weighted by atomic mass is 16.5. The van der Waals surface area contributed by atoms with Gasteiger partial charge >= 0.3 is 0 Å². The number of rotatable bonds is 2. The van der Waals surface area contributed by atoms with E-state index in [1.165, 1.54) is 0 Å². The Kier molecular flexibility index (Phi) is 2.48. The van der Waals surface area contributed by atoms with Gasteiger partial charge in [0.15, 0.2) is 5.82 Å². The molecular weight excluding hydrogens is 226 g/mol. The quantitative estimate of drug-likeness (QED) is 0.690. The van der Waals surface area contributed by atoms with Crippen LogP contribution >= 0.6 is 0 Å². The summed E-state index contributed by atoms with van der Waals surface area (Å²) in [6.45, 7) is 2.00. The Morgan fingerprint density at radius 3 is 2.83 bits per heavy atom. The molecule has 0 unspecified atom stereocenters. The van der Waals surface area contributed by atoms with Crippen molar-refractivity contribution >= 4 is 10.8 Å². The van der Waals surface area contributed by atoms with Gasteiger partial charge in [0.2, 0.25) is 0 Å². The molecule has 0 spiro atoms. The van der Waals surface area contributed by atoms with Crippen molar-refractivity contribution < 1.29 is 4.74 Å². The molecule has 0 amide bonds. The number of methoxy groups -OCH3 is 1. The first-order chi connectivity index (χ1) is 8.78. The highest BCUT2D eigenvalue weighted by Crippen LogP contribution is 2.24. The average Bonchev–Trinajstić information content (AvgIpc) is 2.91. The molecule has 2 heterocycles. The van der Waals surface area contributed by atoms with Gasteiger partial charge in [-0.2, -0.15) is 5.10 Å². The Morgan fingerprint density at radius 2 is 2.11 bits per heavy atom. The predicted octanol–water partition coefficient (Wildman–Crippen LogP) is 2.74. The molecule has 0 saturated carbocycles. The summed E-state index contributed by atoms with van der Waals surface area (Å²) in [6.07, 6.45) is 3.63. The highest BCUT2D eigenvalue weighted by molar-refractivity contribution is 5.86. The molecule has 3 aromatic rings. The first kappa shape index (κ1) is 10.8. The third-order valence-electron chi connectivity index (χ3n) is 2.95. The highest BCUT2D eigenvalue weighted by Gasteiger charge is 2.05. The van der Waals surface area contributed by atoms with Crippen molar-refractivity contribution in [2.24, 2.45) is 0 Å². The molecule has 18 heavy (non-hydrogen) atoms. The molecule has 0 N–H and O–H groups in total. The van der Waals surface area contributed by atoms with E-state index in [2.05, 4.69) is 10.1 Å². The maximum atomic E-state index is 5.25. The number of hydrogen-bond acceptors (Lipinski definition) is 3. The molecule has 0 atom stereocenters. The zero-order chi connectivity index (χ0) is 12.5. The Morgan fingerprint density at radius 1 is 1.22 bits per heavy atom. The molecule has 1 aromatic carbocycles. The van der Waals surface area contributed by atoms with Crippen molar-refractivity contribution in [3.05, 3.63) is 48.4 Å². The summed E-state index contributed by atoms with van der Waals surface area (Å²) in [5.41, 5.74) is 0.987. The van der Waals surface area contributed by atoms with E-state index in [-0.39, 0.29) is 0 Å². The van der Waals surface area contributed by atoms with Crippen LogP contribution in [0.3, 0.4) is 0 Å². The number of ether oxygens (including phenoxy) is 1. The van der Waals surface area contributed by atoms with E-state index < -0.39 is 0 Å². The largest absolute Gasteiger partial charge is 0.497 e. The first-order valence-corrected chi connectivity index (χ1v) is 5.73. The van der Waals surface area contributed by atoms with Gasteiger partial charge in [-0.05, 0) is 42.6 Å². The lowest BCUT2D eigenvalue weighted by atomic mass is 10.1. The molecule has 3 rings (SSSR count). The lowest BCUT2D eigenvalue weighted by Crippen LogP contribution is -1.99. The fourth-order valence-corrected chi connectivity index (χ4v) is 2.04. The van der Waals surface area contributed by atoms with Crippen LogP contribution in [0, 0.1) is 6.92 Å². The number of nitrogens with zero attached hydrogens (tertiary/aromatic N) is 3. The number of aromatic nitrogens is 3. The second-order valence-corrected chi connectivity index (χ2v) is 4.10. The monoisotopic (exact) mass is 239 g/mol. The molecule has 0 aliphatic carbocycles. The molecule has 4 nitrogen and oxygen atoms in total. The van der Waals surface area contributed by atoms with Crippen LogP contribution in [0.1, 0.15) is 5.69 Å². The van der Waals surface area contributed by atoms with E-state index in [9.17, 15) is 0 Å². The molecule has 2 aromatic heterocycles. The Hall–Kier alpha value is -2.36. The minimum atomic E-state index is 0.818. The van der Waals surface area contributed by atoms with E-state index in [0.717, 1.165) is 28.0 Å². The zero-order valence-electron chi connectivity index (χ0n) is 10.3. The summed E-state index contributed by atoms with van der Waals surface area (Å²) < 4.78 is 7.01. The van der Waals surface area contributed by atoms with Crippen LogP contribution < -0.4 is 4.74 Å². The fourth-order valence-electron chi connectivity index (χ4n) is 2.04. The summed E-state index contributed by atoms with van der Waals surface area (Å²) in [7, 11) is 1.67. The number of pyridine rings is 1. The number of fused-ring (bicyclic) bond motifs is 1. The molecule has 4 heteroatoms. The lowest BCUT2D eigenvalue weighted by Gasteiger charge is -2.08. The molecule has 0 fully saturated rings. The summed E-state index contributed by atoms with van der Waals surface area (Å²) >= 11 is 0. The summed E-state index contributed by atoms with van der Waals surface area (Å²) in [5.74, 6) is 1.66. The molecule has 0 aliphatic heterocycles.